The number of aromatic nitrogens is 2. The molecule has 4 heterocycles. The van der Waals surface area contributed by atoms with Crippen molar-refractivity contribution < 1.29 is 8.83 Å². The molecule has 0 aliphatic heterocycles. The highest BCUT2D eigenvalue weighted by Gasteiger charge is 2.20. The van der Waals surface area contributed by atoms with Gasteiger partial charge in [-0.05, 0) is 71.8 Å². The van der Waals surface area contributed by atoms with Crippen LogP contribution in [0.1, 0.15) is 11.1 Å². The zero-order chi connectivity index (χ0) is 42.3. The van der Waals surface area contributed by atoms with Crippen LogP contribution in [0, 0.1) is 5.41 Å². The Balaban J connectivity index is 1.01. The lowest BCUT2D eigenvalue weighted by molar-refractivity contribution is 0.668. The fourth-order valence-electron chi connectivity index (χ4n) is 9.64. The van der Waals surface area contributed by atoms with Gasteiger partial charge < -0.3 is 13.4 Å². The van der Waals surface area contributed by atoms with Gasteiger partial charge in [0.25, 0.3) is 0 Å². The van der Waals surface area contributed by atoms with Crippen molar-refractivity contribution in [3.8, 4) is 16.8 Å². The minimum absolute atomic E-state index is 0.0624. The number of rotatable bonds is 5. The quantitative estimate of drug-likeness (QED) is 0.138. The summed E-state index contributed by atoms with van der Waals surface area (Å²) >= 11 is 0. The van der Waals surface area contributed by atoms with Gasteiger partial charge in [-0.15, -0.1) is 0 Å². The summed E-state index contributed by atoms with van der Waals surface area (Å²) in [6.07, 6.45) is 1.85. The summed E-state index contributed by atoms with van der Waals surface area (Å²) in [6, 6.07) is 68.7. The minimum atomic E-state index is 0.0624. The summed E-state index contributed by atoms with van der Waals surface area (Å²) in [5, 5.41) is 18.0. The van der Waals surface area contributed by atoms with Gasteiger partial charge >= 0.3 is 0 Å². The van der Waals surface area contributed by atoms with Crippen LogP contribution in [0.5, 0.6) is 0 Å². The topological polar surface area (TPSA) is 84.7 Å². The first-order valence-corrected chi connectivity index (χ1v) is 21.3. The van der Waals surface area contributed by atoms with Crippen LogP contribution in [0.2, 0.25) is 0 Å². The standard InChI is InChI=1S/C57H35N5O2/c58-56(43-24-13-23-42-41-21-9-12-27-51(41)64-55(42)43)60-57(36-17-5-2-6-18-36)59-34-61-47-25-10-7-19-39(47)44-32-45-40-20-8-11-26-48(40)62(50(45)33-49(44)61)37-29-30-52-46(31-37)54-38(22-14-28-53(54)63-52)35-15-3-1-4-16-35/h1-34,58H/b58-56?,59-34+,60-57-. The molecule has 0 atom stereocenters. The van der Waals surface area contributed by atoms with Gasteiger partial charge in [-0.1, -0.05) is 140 Å². The van der Waals surface area contributed by atoms with Gasteiger partial charge in [0.15, 0.2) is 11.7 Å². The SMILES string of the molecule is N=C(/N=C(\N=C\n1c2ccccc2c2cc3c4ccccc4n(-c4ccc5oc6cccc(-c7ccccc7)c6c5c4)c3cc21)c1ccccc1)c1cccc2c1oc1ccccc12. The zero-order valence-electron chi connectivity index (χ0n) is 34.2. The van der Waals surface area contributed by atoms with Crippen molar-refractivity contribution in [2.45, 2.75) is 0 Å². The second-order valence-electron chi connectivity index (χ2n) is 16.1. The van der Waals surface area contributed by atoms with Crippen LogP contribution in [0.4, 0.5) is 0 Å². The molecule has 0 aliphatic rings. The molecule has 4 aromatic heterocycles. The number of hydrogen-bond acceptors (Lipinski definition) is 3. The molecule has 0 spiro atoms. The predicted molar refractivity (Wildman–Crippen MR) is 264 cm³/mol. The molecule has 0 aliphatic carbocycles. The number of nitrogens with zero attached hydrogens (tertiary/aromatic N) is 4. The second kappa shape index (κ2) is 14.1. The van der Waals surface area contributed by atoms with Crippen LogP contribution in [-0.2, 0) is 0 Å². The van der Waals surface area contributed by atoms with E-state index in [4.69, 9.17) is 18.8 Å². The van der Waals surface area contributed by atoms with E-state index in [1.165, 1.54) is 5.39 Å². The van der Waals surface area contributed by atoms with E-state index in [0.717, 1.165) is 98.9 Å². The van der Waals surface area contributed by atoms with Crippen LogP contribution < -0.4 is 0 Å². The number of aliphatic imine (C=N–C) groups is 2. The van der Waals surface area contributed by atoms with E-state index >= 15 is 0 Å². The van der Waals surface area contributed by atoms with Crippen molar-refractivity contribution in [3.63, 3.8) is 0 Å². The average Bonchev–Trinajstić information content (AvgIpc) is 4.10. The Kier molecular flexibility index (Phi) is 7.92. The van der Waals surface area contributed by atoms with E-state index in [1.807, 2.05) is 85.2 Å². The molecule has 9 aromatic carbocycles. The predicted octanol–water partition coefficient (Wildman–Crippen LogP) is 14.7. The van der Waals surface area contributed by atoms with Crippen molar-refractivity contribution in [2.24, 2.45) is 9.98 Å². The fraction of sp³-hybridized carbons (Fsp3) is 0. The molecule has 0 unspecified atom stereocenters. The van der Waals surface area contributed by atoms with Crippen LogP contribution in [0.15, 0.2) is 219 Å². The van der Waals surface area contributed by atoms with Crippen LogP contribution >= 0.6 is 0 Å². The third-order valence-electron chi connectivity index (χ3n) is 12.5. The minimum Gasteiger partial charge on any atom is -0.456 e. The van der Waals surface area contributed by atoms with Crippen LogP contribution in [0.25, 0.3) is 104 Å². The third-order valence-corrected chi connectivity index (χ3v) is 12.5. The van der Waals surface area contributed by atoms with E-state index in [-0.39, 0.29) is 5.84 Å². The molecule has 0 fully saturated rings. The van der Waals surface area contributed by atoms with E-state index in [9.17, 15) is 5.41 Å². The molecular weight excluding hydrogens is 787 g/mol. The van der Waals surface area contributed by atoms with Gasteiger partial charge in [0.1, 0.15) is 28.7 Å². The lowest BCUT2D eigenvalue weighted by Crippen LogP contribution is -2.06. The Morgan fingerprint density at radius 3 is 1.97 bits per heavy atom. The highest BCUT2D eigenvalue weighted by atomic mass is 16.3. The van der Waals surface area contributed by atoms with Crippen molar-refractivity contribution in [1.29, 1.82) is 5.41 Å². The number of benzene rings is 9. The highest BCUT2D eigenvalue weighted by molar-refractivity contribution is 6.22. The molecule has 0 saturated heterocycles. The Labute approximate surface area is 365 Å². The second-order valence-corrected chi connectivity index (χ2v) is 16.1. The van der Waals surface area contributed by atoms with E-state index in [1.54, 1.807) is 0 Å². The zero-order valence-corrected chi connectivity index (χ0v) is 34.2. The number of furan rings is 2. The Bertz CT molecular complexity index is 4090. The molecule has 300 valence electrons. The molecule has 0 bridgehead atoms. The van der Waals surface area contributed by atoms with Gasteiger partial charge in [-0.2, -0.15) is 0 Å². The van der Waals surface area contributed by atoms with Gasteiger partial charge in [0.2, 0.25) is 0 Å². The first kappa shape index (κ1) is 35.9. The largest absolute Gasteiger partial charge is 0.456 e. The summed E-state index contributed by atoms with van der Waals surface area (Å²) in [4.78, 5) is 10.0. The smallest absolute Gasteiger partial charge is 0.163 e. The number of para-hydroxylation sites is 4. The number of hydrogen-bond donors (Lipinski definition) is 1. The van der Waals surface area contributed by atoms with Crippen molar-refractivity contribution >= 4 is 105 Å². The highest BCUT2D eigenvalue weighted by Crippen LogP contribution is 2.41. The number of fused-ring (bicyclic) bond motifs is 12. The first-order chi connectivity index (χ1) is 31.7. The van der Waals surface area contributed by atoms with Gasteiger partial charge in [-0.25, -0.2) is 9.98 Å². The third kappa shape index (κ3) is 5.51. The van der Waals surface area contributed by atoms with Crippen LogP contribution in [0.3, 0.4) is 0 Å². The molecular formula is C57H35N5O2. The Morgan fingerprint density at radius 1 is 0.469 bits per heavy atom. The fourth-order valence-corrected chi connectivity index (χ4v) is 9.64. The van der Waals surface area contributed by atoms with Gasteiger partial charge in [-0.3, -0.25) is 9.98 Å². The van der Waals surface area contributed by atoms with E-state index in [2.05, 4.69) is 130 Å². The Morgan fingerprint density at radius 2 is 1.12 bits per heavy atom. The first-order valence-electron chi connectivity index (χ1n) is 21.3. The Hall–Kier alpha value is -8.81. The van der Waals surface area contributed by atoms with Crippen molar-refractivity contribution in [1.82, 2.24) is 9.13 Å². The average molecular weight is 822 g/mol. The lowest BCUT2D eigenvalue weighted by Gasteiger charge is -2.09. The summed E-state index contributed by atoms with van der Waals surface area (Å²) in [6.45, 7) is 0. The summed E-state index contributed by atoms with van der Waals surface area (Å²) < 4.78 is 17.3. The molecule has 0 saturated carbocycles. The van der Waals surface area contributed by atoms with E-state index < -0.39 is 0 Å². The molecule has 0 radical (unpaired) electrons. The normalized spacial score (nSPS) is 12.5. The van der Waals surface area contributed by atoms with Gasteiger partial charge in [0.05, 0.1) is 27.6 Å². The summed E-state index contributed by atoms with van der Waals surface area (Å²) in [5.41, 5.74) is 12.0. The summed E-state index contributed by atoms with van der Waals surface area (Å²) in [7, 11) is 0. The monoisotopic (exact) mass is 821 g/mol. The van der Waals surface area contributed by atoms with Crippen molar-refractivity contribution in [2.75, 3.05) is 0 Å². The van der Waals surface area contributed by atoms with Gasteiger partial charge in [0, 0.05) is 54.3 Å². The lowest BCUT2D eigenvalue weighted by atomic mass is 9.99. The maximum Gasteiger partial charge on any atom is 0.163 e. The number of amidine groups is 2. The molecule has 7 heteroatoms. The maximum atomic E-state index is 9.33. The molecule has 13 rings (SSSR count). The maximum absolute atomic E-state index is 9.33. The molecule has 1 N–H and O–H groups in total. The molecule has 13 aromatic rings. The van der Waals surface area contributed by atoms with Crippen molar-refractivity contribution in [3.05, 3.63) is 211 Å². The van der Waals surface area contributed by atoms with Crippen LogP contribution in [-0.4, -0.2) is 27.1 Å². The molecule has 64 heavy (non-hydrogen) atoms. The molecule has 0 amide bonds. The van der Waals surface area contributed by atoms with E-state index in [0.29, 0.717) is 17.0 Å². The number of nitrogens with one attached hydrogen (secondary N) is 1. The molecule has 7 nitrogen and oxygen atoms in total. The summed E-state index contributed by atoms with van der Waals surface area (Å²) in [5.74, 6) is 0.475.